The molecule has 5 heterocycles. The van der Waals surface area contributed by atoms with Crippen LogP contribution in [0.5, 0.6) is 0 Å². The molecule has 3 aromatic heterocycles. The maximum atomic E-state index is 13.1. The first kappa shape index (κ1) is 29.6. The number of nitrogens with one attached hydrogen (secondary N) is 2. The van der Waals surface area contributed by atoms with E-state index in [0.29, 0.717) is 19.3 Å². The molecule has 2 saturated heterocycles. The minimum absolute atomic E-state index is 0.0235. The number of pyridine rings is 1. The van der Waals surface area contributed by atoms with E-state index in [9.17, 15) is 9.59 Å². The Morgan fingerprint density at radius 3 is 1.72 bits per heavy atom. The maximum absolute atomic E-state index is 13.1. The smallest absolute Gasteiger partial charge is 0.223 e. The number of rotatable bonds is 9. The highest BCUT2D eigenvalue weighted by Gasteiger charge is 2.32. The molecular weight excluding hydrogens is 574 g/mol. The third-order valence-electron chi connectivity index (χ3n) is 9.32. The fourth-order valence-corrected chi connectivity index (χ4v) is 6.82. The number of benzene rings is 2. The Bertz CT molecular complexity index is 1790. The third-order valence-corrected chi connectivity index (χ3v) is 9.32. The summed E-state index contributed by atoms with van der Waals surface area (Å²) in [5, 5.41) is 0. The van der Waals surface area contributed by atoms with Gasteiger partial charge in [0.15, 0.2) is 0 Å². The molecule has 2 atom stereocenters. The van der Waals surface area contributed by atoms with Gasteiger partial charge in [0, 0.05) is 37.8 Å². The van der Waals surface area contributed by atoms with E-state index in [0.717, 1.165) is 89.8 Å². The van der Waals surface area contributed by atoms with Gasteiger partial charge in [-0.05, 0) is 66.5 Å². The van der Waals surface area contributed by atoms with Gasteiger partial charge in [0.1, 0.15) is 11.6 Å². The number of hydrogen-bond donors (Lipinski definition) is 2. The number of aromatic amines is 2. The Morgan fingerprint density at radius 2 is 1.22 bits per heavy atom. The maximum Gasteiger partial charge on any atom is 0.223 e. The summed E-state index contributed by atoms with van der Waals surface area (Å²) < 4.78 is 0. The summed E-state index contributed by atoms with van der Waals surface area (Å²) in [6.45, 7) is 3.47. The predicted octanol–water partition coefficient (Wildman–Crippen LogP) is 6.90. The second kappa shape index (κ2) is 13.1. The van der Waals surface area contributed by atoms with Crippen molar-refractivity contribution in [3.8, 4) is 33.6 Å². The lowest BCUT2D eigenvalue weighted by atomic mass is 10.0. The molecule has 9 heteroatoms. The zero-order chi connectivity index (χ0) is 31.5. The molecule has 7 rings (SSSR count). The summed E-state index contributed by atoms with van der Waals surface area (Å²) in [6, 6.07) is 22.8. The van der Waals surface area contributed by atoms with Gasteiger partial charge in [-0.25, -0.2) is 9.97 Å². The van der Waals surface area contributed by atoms with Crippen LogP contribution >= 0.6 is 0 Å². The molecule has 0 saturated carbocycles. The molecule has 0 bridgehead atoms. The monoisotopic (exact) mass is 613 g/mol. The van der Waals surface area contributed by atoms with Gasteiger partial charge in [-0.1, -0.05) is 61.5 Å². The second-order valence-electron chi connectivity index (χ2n) is 12.2. The van der Waals surface area contributed by atoms with Crippen molar-refractivity contribution in [3.05, 3.63) is 103 Å². The molecule has 9 nitrogen and oxygen atoms in total. The van der Waals surface area contributed by atoms with Gasteiger partial charge in [-0.15, -0.1) is 0 Å². The molecule has 0 spiro atoms. The van der Waals surface area contributed by atoms with Gasteiger partial charge in [-0.2, -0.15) is 0 Å². The van der Waals surface area contributed by atoms with Crippen LogP contribution in [0.2, 0.25) is 0 Å². The van der Waals surface area contributed by atoms with Crippen molar-refractivity contribution < 1.29 is 9.59 Å². The van der Waals surface area contributed by atoms with Crippen molar-refractivity contribution in [2.75, 3.05) is 13.1 Å². The Kier molecular flexibility index (Phi) is 8.46. The number of H-pyrrole nitrogens is 2. The first-order chi connectivity index (χ1) is 22.6. The number of hydrogen-bond acceptors (Lipinski definition) is 5. The summed E-state index contributed by atoms with van der Waals surface area (Å²) in [6.07, 6.45) is 11.0. The molecule has 2 N–H and O–H groups in total. The highest BCUT2D eigenvalue weighted by molar-refractivity contribution is 5.77. The van der Waals surface area contributed by atoms with Gasteiger partial charge in [-0.3, -0.25) is 14.6 Å². The van der Waals surface area contributed by atoms with Crippen LogP contribution in [-0.2, 0) is 16.0 Å². The summed E-state index contributed by atoms with van der Waals surface area (Å²) in [7, 11) is 0. The fourth-order valence-electron chi connectivity index (χ4n) is 6.82. The zero-order valence-electron chi connectivity index (χ0n) is 26.2. The van der Waals surface area contributed by atoms with Crippen molar-refractivity contribution in [1.82, 2.24) is 34.7 Å². The van der Waals surface area contributed by atoms with Gasteiger partial charge in [0.25, 0.3) is 0 Å². The molecule has 0 radical (unpaired) electrons. The number of carbonyl (C=O) groups is 2. The van der Waals surface area contributed by atoms with E-state index in [1.54, 1.807) is 6.20 Å². The second-order valence-corrected chi connectivity index (χ2v) is 12.2. The Morgan fingerprint density at radius 1 is 0.696 bits per heavy atom. The molecule has 0 aliphatic carbocycles. The minimum Gasteiger partial charge on any atom is -0.340 e. The number of amides is 2. The van der Waals surface area contributed by atoms with E-state index in [4.69, 9.17) is 4.98 Å². The molecule has 0 unspecified atom stereocenters. The third kappa shape index (κ3) is 6.09. The highest BCUT2D eigenvalue weighted by Crippen LogP contribution is 2.34. The Hall–Kier alpha value is -5.05. The van der Waals surface area contributed by atoms with Gasteiger partial charge >= 0.3 is 0 Å². The molecule has 46 heavy (non-hydrogen) atoms. The predicted molar refractivity (Wildman–Crippen MR) is 177 cm³/mol. The van der Waals surface area contributed by atoms with Crippen molar-refractivity contribution in [2.45, 2.75) is 64.0 Å². The molecule has 5 aromatic rings. The van der Waals surface area contributed by atoms with E-state index in [1.165, 1.54) is 0 Å². The lowest BCUT2D eigenvalue weighted by Crippen LogP contribution is -2.31. The summed E-state index contributed by atoms with van der Waals surface area (Å²) >= 11 is 0. The van der Waals surface area contributed by atoms with Crippen molar-refractivity contribution in [3.63, 3.8) is 0 Å². The van der Waals surface area contributed by atoms with Crippen LogP contribution in [0.4, 0.5) is 0 Å². The number of aromatic nitrogens is 5. The summed E-state index contributed by atoms with van der Waals surface area (Å²) in [5.41, 5.74) is 7.21. The van der Waals surface area contributed by atoms with Crippen molar-refractivity contribution in [1.29, 1.82) is 0 Å². The summed E-state index contributed by atoms with van der Waals surface area (Å²) in [5.74, 6) is 2.05. The van der Waals surface area contributed by atoms with E-state index < -0.39 is 0 Å². The van der Waals surface area contributed by atoms with Gasteiger partial charge in [0.05, 0.1) is 35.9 Å². The number of aryl methyl sites for hydroxylation is 1. The fraction of sp³-hybridized carbons (Fsp3) is 0.324. The molecule has 2 amide bonds. The van der Waals surface area contributed by atoms with Crippen LogP contribution < -0.4 is 0 Å². The molecule has 2 aromatic carbocycles. The van der Waals surface area contributed by atoms with Crippen molar-refractivity contribution in [2.24, 2.45) is 0 Å². The topological polar surface area (TPSA) is 111 Å². The number of nitrogens with zero attached hydrogens (tertiary/aromatic N) is 5. The molecule has 2 fully saturated rings. The molecule has 2 aliphatic heterocycles. The molecule has 2 aliphatic rings. The quantitative estimate of drug-likeness (QED) is 0.188. The largest absolute Gasteiger partial charge is 0.340 e. The Labute approximate surface area is 269 Å². The van der Waals surface area contributed by atoms with E-state index in [2.05, 4.69) is 68.5 Å². The average Bonchev–Trinajstić information content (AvgIpc) is 3.94. The standard InChI is InChI=1S/C37H39N7O2/c1-2-34(45)43-21-5-8-32(43)36-39-23-30(41-36)27-14-10-25(11-15-27)26-12-16-28(17-13-26)31-24-40-37(42-31)33-9-6-22-44(33)35(46)19-18-29-7-3-4-20-38-29/h3-4,7,10-17,20,23-24,32-33H,2,5-6,8-9,18-19,21-22H2,1H3,(H,39,41)(H,40,42)/t32-,33-/m0/s1. The first-order valence-corrected chi connectivity index (χ1v) is 16.4. The van der Waals surface area contributed by atoms with Crippen LogP contribution in [0.3, 0.4) is 0 Å². The number of likely N-dealkylation sites (tertiary alicyclic amines) is 2. The normalized spacial score (nSPS) is 17.9. The SMILES string of the molecule is CCC(=O)N1CCC[C@H]1c1ncc(-c2ccc(-c3ccc(-c4cnc([C@@H]5CCCN5C(=O)CCc5ccccn5)[nH]4)cc3)cc2)[nH]1. The van der Waals surface area contributed by atoms with Crippen molar-refractivity contribution >= 4 is 11.8 Å². The lowest BCUT2D eigenvalue weighted by Gasteiger charge is -2.23. The van der Waals surface area contributed by atoms with Crippen LogP contribution in [0, 0.1) is 0 Å². The average molecular weight is 614 g/mol. The van der Waals surface area contributed by atoms with Gasteiger partial charge in [0.2, 0.25) is 11.8 Å². The van der Waals surface area contributed by atoms with E-state index in [-0.39, 0.29) is 23.9 Å². The Balaban J connectivity index is 0.993. The van der Waals surface area contributed by atoms with Crippen LogP contribution in [-0.4, -0.2) is 59.6 Å². The minimum atomic E-state index is -0.0235. The van der Waals surface area contributed by atoms with Gasteiger partial charge < -0.3 is 19.8 Å². The van der Waals surface area contributed by atoms with E-state index >= 15 is 0 Å². The van der Waals surface area contributed by atoms with Crippen LogP contribution in [0.15, 0.2) is 85.3 Å². The zero-order valence-corrected chi connectivity index (χ0v) is 26.2. The highest BCUT2D eigenvalue weighted by atomic mass is 16.2. The molecular formula is C37H39N7O2. The summed E-state index contributed by atoms with van der Waals surface area (Å²) in [4.78, 5) is 50.0. The molecule has 234 valence electrons. The first-order valence-electron chi connectivity index (χ1n) is 16.4. The van der Waals surface area contributed by atoms with Crippen LogP contribution in [0.25, 0.3) is 33.6 Å². The number of carbonyl (C=O) groups excluding carboxylic acids is 2. The van der Waals surface area contributed by atoms with E-state index in [1.807, 2.05) is 47.3 Å². The number of imidazole rings is 2. The van der Waals surface area contributed by atoms with Crippen LogP contribution in [0.1, 0.15) is 74.9 Å². The lowest BCUT2D eigenvalue weighted by molar-refractivity contribution is -0.132.